The van der Waals surface area contributed by atoms with Crippen LogP contribution < -0.4 is 10.1 Å². The molecule has 0 spiro atoms. The predicted molar refractivity (Wildman–Crippen MR) is 76.9 cm³/mol. The number of anilines is 1. The highest BCUT2D eigenvalue weighted by Gasteiger charge is 2.21. The molecule has 2 fully saturated rings. The molecule has 1 aromatic rings. The Morgan fingerprint density at radius 2 is 2.19 bits per heavy atom. The second-order valence-corrected chi connectivity index (χ2v) is 5.70. The maximum atomic E-state index is 13.9. The first kappa shape index (κ1) is 14.3. The molecule has 0 bridgehead atoms. The van der Waals surface area contributed by atoms with Crippen molar-refractivity contribution in [2.45, 2.75) is 50.7 Å². The summed E-state index contributed by atoms with van der Waals surface area (Å²) >= 11 is 0. The van der Waals surface area contributed by atoms with Crippen LogP contribution in [-0.2, 0) is 9.53 Å². The van der Waals surface area contributed by atoms with Gasteiger partial charge in [-0.05, 0) is 44.2 Å². The van der Waals surface area contributed by atoms with E-state index < -0.39 is 5.82 Å². The molecule has 5 heteroatoms. The Bertz CT molecular complexity index is 510. The average molecular weight is 293 g/mol. The third kappa shape index (κ3) is 3.73. The van der Waals surface area contributed by atoms with Crippen molar-refractivity contribution in [1.29, 1.82) is 0 Å². The van der Waals surface area contributed by atoms with Gasteiger partial charge in [0.05, 0.1) is 18.6 Å². The molecule has 3 rings (SSSR count). The summed E-state index contributed by atoms with van der Waals surface area (Å²) in [7, 11) is 0. The summed E-state index contributed by atoms with van der Waals surface area (Å²) in [5.41, 5.74) is 0.455. The van der Waals surface area contributed by atoms with Gasteiger partial charge >= 0.3 is 0 Å². The number of hydrogen-bond donors (Lipinski definition) is 1. The van der Waals surface area contributed by atoms with Crippen LogP contribution in [0.25, 0.3) is 0 Å². The fourth-order valence-corrected chi connectivity index (χ4v) is 2.57. The summed E-state index contributed by atoms with van der Waals surface area (Å²) in [5.74, 6) is -0.317. The summed E-state index contributed by atoms with van der Waals surface area (Å²) in [6.07, 6.45) is 5.48. The Morgan fingerprint density at radius 1 is 1.33 bits per heavy atom. The summed E-state index contributed by atoms with van der Waals surface area (Å²) in [4.78, 5) is 11.9. The van der Waals surface area contributed by atoms with E-state index in [1.54, 1.807) is 12.1 Å². The molecule has 21 heavy (non-hydrogen) atoms. The van der Waals surface area contributed by atoms with Gasteiger partial charge in [-0.2, -0.15) is 0 Å². The Balaban J connectivity index is 1.54. The summed E-state index contributed by atoms with van der Waals surface area (Å²) in [5, 5.41) is 2.70. The molecule has 114 valence electrons. The summed E-state index contributed by atoms with van der Waals surface area (Å²) in [6, 6.07) is 4.56. The van der Waals surface area contributed by atoms with E-state index in [2.05, 4.69) is 5.32 Å². The Hall–Kier alpha value is -1.62. The summed E-state index contributed by atoms with van der Waals surface area (Å²) < 4.78 is 24.9. The number of nitrogens with one attached hydrogen (secondary N) is 1. The molecule has 2 aliphatic rings. The fraction of sp³-hybridized carbons (Fsp3) is 0.562. The molecule has 1 aromatic carbocycles. The molecule has 1 saturated heterocycles. The van der Waals surface area contributed by atoms with Crippen molar-refractivity contribution in [2.75, 3.05) is 11.9 Å². The zero-order valence-electron chi connectivity index (χ0n) is 11.9. The van der Waals surface area contributed by atoms with Crippen LogP contribution in [0.2, 0.25) is 0 Å². The normalized spacial score (nSPS) is 21.9. The van der Waals surface area contributed by atoms with Gasteiger partial charge < -0.3 is 14.8 Å². The molecule has 1 saturated carbocycles. The van der Waals surface area contributed by atoms with Crippen LogP contribution in [0.3, 0.4) is 0 Å². The van der Waals surface area contributed by atoms with Crippen molar-refractivity contribution in [1.82, 2.24) is 0 Å². The number of amides is 1. The van der Waals surface area contributed by atoms with Crippen LogP contribution >= 0.6 is 0 Å². The lowest BCUT2D eigenvalue weighted by molar-refractivity contribution is -0.118. The molecule has 0 unspecified atom stereocenters. The lowest BCUT2D eigenvalue weighted by Gasteiger charge is -2.26. The van der Waals surface area contributed by atoms with Crippen LogP contribution in [0.4, 0.5) is 10.1 Å². The molecule has 1 amide bonds. The van der Waals surface area contributed by atoms with Gasteiger partial charge in [0.15, 0.2) is 11.6 Å². The quantitative estimate of drug-likeness (QED) is 0.906. The Labute approximate surface area is 123 Å². The molecular formula is C16H20FNO3. The maximum absolute atomic E-state index is 13.9. The number of carbonyl (C=O) groups excluding carboxylic acids is 1. The van der Waals surface area contributed by atoms with E-state index in [-0.39, 0.29) is 23.9 Å². The van der Waals surface area contributed by atoms with Crippen molar-refractivity contribution < 1.29 is 18.7 Å². The lowest BCUT2D eigenvalue weighted by Crippen LogP contribution is -2.25. The van der Waals surface area contributed by atoms with Crippen LogP contribution in [0, 0.1) is 5.82 Å². The van der Waals surface area contributed by atoms with Crippen molar-refractivity contribution in [3.63, 3.8) is 0 Å². The highest BCUT2D eigenvalue weighted by atomic mass is 19.1. The fourth-order valence-electron chi connectivity index (χ4n) is 2.57. The molecule has 1 N–H and O–H groups in total. The van der Waals surface area contributed by atoms with E-state index in [1.807, 2.05) is 0 Å². The van der Waals surface area contributed by atoms with Crippen LogP contribution in [0.1, 0.15) is 38.5 Å². The minimum Gasteiger partial charge on any atom is -0.487 e. The predicted octanol–water partition coefficient (Wildman–Crippen LogP) is 3.26. The molecule has 4 nitrogen and oxygen atoms in total. The zero-order valence-corrected chi connectivity index (χ0v) is 11.9. The van der Waals surface area contributed by atoms with Crippen molar-refractivity contribution in [2.24, 2.45) is 0 Å². The highest BCUT2D eigenvalue weighted by Crippen LogP contribution is 2.28. The number of hydrogen-bond acceptors (Lipinski definition) is 3. The van der Waals surface area contributed by atoms with Crippen LogP contribution in [0.5, 0.6) is 5.75 Å². The van der Waals surface area contributed by atoms with Gasteiger partial charge in [0, 0.05) is 18.4 Å². The van der Waals surface area contributed by atoms with E-state index in [4.69, 9.17) is 9.47 Å². The minimum absolute atomic E-state index is 0.00364. The molecule has 1 aliphatic heterocycles. The van der Waals surface area contributed by atoms with E-state index in [0.29, 0.717) is 12.1 Å². The second-order valence-electron chi connectivity index (χ2n) is 5.70. The topological polar surface area (TPSA) is 47.6 Å². The van der Waals surface area contributed by atoms with Gasteiger partial charge in [0.1, 0.15) is 0 Å². The van der Waals surface area contributed by atoms with Gasteiger partial charge in [0.25, 0.3) is 0 Å². The van der Waals surface area contributed by atoms with E-state index in [1.165, 1.54) is 6.07 Å². The van der Waals surface area contributed by atoms with Gasteiger partial charge in [-0.3, -0.25) is 4.79 Å². The first-order valence-corrected chi connectivity index (χ1v) is 7.58. The zero-order chi connectivity index (χ0) is 14.7. The smallest absolute Gasteiger partial charge is 0.226 e. The largest absolute Gasteiger partial charge is 0.487 e. The molecule has 1 atom stereocenters. The monoisotopic (exact) mass is 293 g/mol. The van der Waals surface area contributed by atoms with Gasteiger partial charge in [0.2, 0.25) is 5.91 Å². The summed E-state index contributed by atoms with van der Waals surface area (Å²) in [6.45, 7) is 0.722. The first-order chi connectivity index (χ1) is 10.2. The second kappa shape index (κ2) is 6.43. The molecule has 1 heterocycles. The standard InChI is InChI=1S/C16H20FNO3/c17-14-9-11(6-7-15(14)21-12-3-1-4-12)18-16(19)10-13-5-2-8-20-13/h6-7,9,12-13H,1-5,8,10H2,(H,18,19)/t13-/m1/s1. The minimum atomic E-state index is -0.434. The van der Waals surface area contributed by atoms with Gasteiger partial charge in [-0.1, -0.05) is 0 Å². The highest BCUT2D eigenvalue weighted by molar-refractivity contribution is 5.91. The van der Waals surface area contributed by atoms with E-state index in [9.17, 15) is 9.18 Å². The lowest BCUT2D eigenvalue weighted by atomic mass is 9.96. The SMILES string of the molecule is O=C(C[C@H]1CCCO1)Nc1ccc(OC2CCC2)c(F)c1. The third-order valence-electron chi connectivity index (χ3n) is 4.00. The molecule has 1 aliphatic carbocycles. The Kier molecular flexibility index (Phi) is 4.39. The average Bonchev–Trinajstić information content (AvgIpc) is 2.88. The number of benzene rings is 1. The number of ether oxygens (including phenoxy) is 2. The Morgan fingerprint density at radius 3 is 2.81 bits per heavy atom. The van der Waals surface area contributed by atoms with Crippen molar-refractivity contribution in [3.8, 4) is 5.75 Å². The van der Waals surface area contributed by atoms with Crippen LogP contribution in [0.15, 0.2) is 18.2 Å². The van der Waals surface area contributed by atoms with E-state index >= 15 is 0 Å². The van der Waals surface area contributed by atoms with Crippen molar-refractivity contribution in [3.05, 3.63) is 24.0 Å². The number of rotatable bonds is 5. The van der Waals surface area contributed by atoms with Gasteiger partial charge in [-0.15, -0.1) is 0 Å². The van der Waals surface area contributed by atoms with Crippen LogP contribution in [-0.4, -0.2) is 24.7 Å². The number of carbonyl (C=O) groups is 1. The van der Waals surface area contributed by atoms with E-state index in [0.717, 1.165) is 38.7 Å². The molecule has 0 aromatic heterocycles. The number of halogens is 1. The first-order valence-electron chi connectivity index (χ1n) is 7.58. The molecular weight excluding hydrogens is 273 g/mol. The maximum Gasteiger partial charge on any atom is 0.226 e. The van der Waals surface area contributed by atoms with Crippen molar-refractivity contribution >= 4 is 11.6 Å². The third-order valence-corrected chi connectivity index (χ3v) is 4.00. The van der Waals surface area contributed by atoms with Gasteiger partial charge in [-0.25, -0.2) is 4.39 Å². The molecule has 0 radical (unpaired) electrons.